The summed E-state index contributed by atoms with van der Waals surface area (Å²) < 4.78 is 23.7. The summed E-state index contributed by atoms with van der Waals surface area (Å²) in [6.45, 7) is 1.79. The van der Waals surface area contributed by atoms with Crippen LogP contribution in [-0.4, -0.2) is 56.4 Å². The van der Waals surface area contributed by atoms with Crippen LogP contribution in [-0.2, 0) is 19.4 Å². The van der Waals surface area contributed by atoms with Gasteiger partial charge in [-0.3, -0.25) is 19.6 Å². The van der Waals surface area contributed by atoms with E-state index in [1.54, 1.807) is 42.5 Å². The normalized spacial score (nSPS) is 12.0. The molecule has 0 aromatic heterocycles. The summed E-state index contributed by atoms with van der Waals surface area (Å²) in [7, 11) is -3.36. The van der Waals surface area contributed by atoms with Crippen LogP contribution in [0, 0.1) is 5.92 Å². The summed E-state index contributed by atoms with van der Waals surface area (Å²) in [5.74, 6) is -1.38. The molecule has 0 aliphatic heterocycles. The maximum Gasteiger partial charge on any atom is 0.252 e. The van der Waals surface area contributed by atoms with Gasteiger partial charge in [0.25, 0.3) is 5.91 Å². The molecule has 0 aliphatic carbocycles. The third-order valence-corrected chi connectivity index (χ3v) is 6.40. The molecule has 2 rings (SSSR count). The van der Waals surface area contributed by atoms with Crippen LogP contribution in [0.4, 0.5) is 0 Å². The summed E-state index contributed by atoms with van der Waals surface area (Å²) >= 11 is 0. The van der Waals surface area contributed by atoms with Gasteiger partial charge in [0.1, 0.15) is 0 Å². The SMILES string of the molecule is CCCCC[C@H](CN(O)C=O)C(=O)NCNC(=O)c1cccc(-c2cccc(S(C)(=O)=O)c2)c1. The minimum atomic E-state index is -3.36. The first kappa shape index (κ1) is 27.0. The molecule has 0 heterocycles. The number of nitrogens with zero attached hydrogens (tertiary/aromatic N) is 1. The Morgan fingerprint density at radius 3 is 2.38 bits per heavy atom. The average molecular weight is 490 g/mol. The second-order valence-electron chi connectivity index (χ2n) is 8.02. The monoisotopic (exact) mass is 489 g/mol. The fourth-order valence-electron chi connectivity index (χ4n) is 3.42. The first-order chi connectivity index (χ1) is 16.2. The first-order valence-electron chi connectivity index (χ1n) is 11.0. The Morgan fingerprint density at radius 1 is 1.06 bits per heavy atom. The number of hydrogen-bond donors (Lipinski definition) is 3. The van der Waals surface area contributed by atoms with Gasteiger partial charge < -0.3 is 10.6 Å². The van der Waals surface area contributed by atoms with Crippen molar-refractivity contribution in [1.82, 2.24) is 15.7 Å². The largest absolute Gasteiger partial charge is 0.338 e. The number of carbonyl (C=O) groups is 3. The van der Waals surface area contributed by atoms with Gasteiger partial charge in [-0.1, -0.05) is 50.5 Å². The van der Waals surface area contributed by atoms with Crippen molar-refractivity contribution >= 4 is 28.1 Å². The highest BCUT2D eigenvalue weighted by molar-refractivity contribution is 7.90. The highest BCUT2D eigenvalue weighted by Gasteiger charge is 2.20. The molecule has 3 amide bonds. The standard InChI is InChI=1S/C24H31N3O6S/c1-3-4-5-8-21(15-27(31)17-28)24(30)26-16-25-23(29)20-11-6-9-18(13-20)19-10-7-12-22(14-19)34(2,32)33/h6-7,9-14,17,21,31H,3-5,8,15-16H2,1-2H3,(H,25,29)(H,26,30)/t21-/m1/s1. The zero-order valence-electron chi connectivity index (χ0n) is 19.4. The summed E-state index contributed by atoms with van der Waals surface area (Å²) in [6.07, 6.45) is 4.57. The summed E-state index contributed by atoms with van der Waals surface area (Å²) in [5.41, 5.74) is 1.68. The molecule has 2 aromatic carbocycles. The van der Waals surface area contributed by atoms with E-state index in [2.05, 4.69) is 10.6 Å². The Balaban J connectivity index is 2.01. The van der Waals surface area contributed by atoms with E-state index in [0.717, 1.165) is 25.5 Å². The predicted octanol–water partition coefficient (Wildman–Crippen LogP) is 2.60. The Morgan fingerprint density at radius 2 is 1.74 bits per heavy atom. The third kappa shape index (κ3) is 8.27. The predicted molar refractivity (Wildman–Crippen MR) is 128 cm³/mol. The van der Waals surface area contributed by atoms with Crippen LogP contribution in [0.1, 0.15) is 43.0 Å². The molecule has 0 bridgehead atoms. The topological polar surface area (TPSA) is 133 Å². The summed E-state index contributed by atoms with van der Waals surface area (Å²) in [6, 6.07) is 13.2. The smallest absolute Gasteiger partial charge is 0.252 e. The Labute approximate surface area is 200 Å². The molecule has 0 unspecified atom stereocenters. The van der Waals surface area contributed by atoms with Crippen molar-refractivity contribution in [3.63, 3.8) is 0 Å². The van der Waals surface area contributed by atoms with Crippen molar-refractivity contribution in [3.8, 4) is 11.1 Å². The number of unbranched alkanes of at least 4 members (excludes halogenated alkanes) is 2. The van der Waals surface area contributed by atoms with E-state index in [1.165, 1.54) is 6.07 Å². The molecule has 0 fully saturated rings. The molecular weight excluding hydrogens is 458 g/mol. The fourth-order valence-corrected chi connectivity index (χ4v) is 4.09. The van der Waals surface area contributed by atoms with Gasteiger partial charge in [0.05, 0.1) is 24.0 Å². The summed E-state index contributed by atoms with van der Waals surface area (Å²) in [4.78, 5) is 36.0. The molecular formula is C24H31N3O6S. The molecule has 9 nitrogen and oxygen atoms in total. The molecule has 0 spiro atoms. The zero-order chi connectivity index (χ0) is 25.1. The lowest BCUT2D eigenvalue weighted by atomic mass is 10.0. The Bertz CT molecular complexity index is 1100. The first-order valence-corrected chi connectivity index (χ1v) is 12.9. The maximum absolute atomic E-state index is 12.6. The maximum atomic E-state index is 12.6. The quantitative estimate of drug-likeness (QED) is 0.130. The zero-order valence-corrected chi connectivity index (χ0v) is 20.2. The third-order valence-electron chi connectivity index (χ3n) is 5.29. The van der Waals surface area contributed by atoms with Gasteiger partial charge >= 0.3 is 0 Å². The van der Waals surface area contributed by atoms with Gasteiger partial charge in [-0.25, -0.2) is 13.5 Å². The van der Waals surface area contributed by atoms with E-state index >= 15 is 0 Å². The van der Waals surface area contributed by atoms with Gasteiger partial charge in [0.15, 0.2) is 9.84 Å². The van der Waals surface area contributed by atoms with Crippen LogP contribution in [0.15, 0.2) is 53.4 Å². The highest BCUT2D eigenvalue weighted by Crippen LogP contribution is 2.23. The fraction of sp³-hybridized carbons (Fsp3) is 0.375. The molecule has 184 valence electrons. The highest BCUT2D eigenvalue weighted by atomic mass is 32.2. The molecule has 34 heavy (non-hydrogen) atoms. The molecule has 10 heteroatoms. The van der Waals surface area contributed by atoms with Gasteiger partial charge in [0, 0.05) is 11.8 Å². The van der Waals surface area contributed by atoms with Crippen LogP contribution in [0.3, 0.4) is 0 Å². The minimum absolute atomic E-state index is 0.123. The lowest BCUT2D eigenvalue weighted by molar-refractivity contribution is -0.154. The number of nitrogens with one attached hydrogen (secondary N) is 2. The number of benzene rings is 2. The van der Waals surface area contributed by atoms with E-state index < -0.39 is 21.7 Å². The second kappa shape index (κ2) is 12.9. The molecule has 3 N–H and O–H groups in total. The van der Waals surface area contributed by atoms with E-state index in [9.17, 15) is 28.0 Å². The van der Waals surface area contributed by atoms with Gasteiger partial charge in [-0.05, 0) is 41.8 Å². The molecule has 0 aliphatic rings. The number of amides is 3. The van der Waals surface area contributed by atoms with Crippen molar-refractivity contribution in [2.45, 2.75) is 37.5 Å². The second-order valence-corrected chi connectivity index (χ2v) is 10.0. The lowest BCUT2D eigenvalue weighted by Gasteiger charge is -2.19. The van der Waals surface area contributed by atoms with Crippen molar-refractivity contribution in [2.75, 3.05) is 19.5 Å². The van der Waals surface area contributed by atoms with Gasteiger partial charge in [-0.2, -0.15) is 0 Å². The summed E-state index contributed by atoms with van der Waals surface area (Å²) in [5, 5.41) is 15.1. The van der Waals surface area contributed by atoms with Crippen LogP contribution in [0.25, 0.3) is 11.1 Å². The Kier molecular flexibility index (Phi) is 10.2. The van der Waals surface area contributed by atoms with E-state index in [1.807, 2.05) is 6.92 Å². The van der Waals surface area contributed by atoms with E-state index in [0.29, 0.717) is 28.2 Å². The van der Waals surface area contributed by atoms with Crippen LogP contribution >= 0.6 is 0 Å². The molecule has 0 saturated heterocycles. The van der Waals surface area contributed by atoms with Crippen LogP contribution < -0.4 is 10.6 Å². The number of rotatable bonds is 13. The number of hydroxylamine groups is 2. The Hall–Kier alpha value is -3.24. The minimum Gasteiger partial charge on any atom is -0.338 e. The van der Waals surface area contributed by atoms with Crippen molar-refractivity contribution in [3.05, 3.63) is 54.1 Å². The average Bonchev–Trinajstić information content (AvgIpc) is 2.82. The van der Waals surface area contributed by atoms with Crippen molar-refractivity contribution < 1.29 is 28.0 Å². The number of carbonyl (C=O) groups excluding carboxylic acids is 3. The lowest BCUT2D eigenvalue weighted by Crippen LogP contribution is -2.43. The van der Waals surface area contributed by atoms with Gasteiger partial charge in [-0.15, -0.1) is 0 Å². The van der Waals surface area contributed by atoms with Gasteiger partial charge in [0.2, 0.25) is 12.3 Å². The molecule has 0 radical (unpaired) electrons. The molecule has 0 saturated carbocycles. The number of hydrogen-bond acceptors (Lipinski definition) is 6. The number of sulfone groups is 1. The van der Waals surface area contributed by atoms with Crippen LogP contribution in [0.2, 0.25) is 0 Å². The van der Waals surface area contributed by atoms with Crippen molar-refractivity contribution in [2.24, 2.45) is 5.92 Å². The van der Waals surface area contributed by atoms with E-state index in [4.69, 9.17) is 0 Å². The van der Waals surface area contributed by atoms with Crippen molar-refractivity contribution in [1.29, 1.82) is 0 Å². The molecule has 2 aromatic rings. The van der Waals surface area contributed by atoms with E-state index in [-0.39, 0.29) is 30.4 Å². The van der Waals surface area contributed by atoms with Crippen LogP contribution in [0.5, 0.6) is 0 Å². The molecule has 1 atom stereocenters.